The molecule has 1 aliphatic rings. The lowest BCUT2D eigenvalue weighted by Crippen LogP contribution is -2.38. The number of hydrogen-bond acceptors (Lipinski definition) is 1. The first-order valence-electron chi connectivity index (χ1n) is 7.41. The van der Waals surface area contributed by atoms with Gasteiger partial charge in [-0.3, -0.25) is 4.79 Å². The van der Waals surface area contributed by atoms with Crippen LogP contribution in [-0.2, 0) is 11.2 Å². The molecule has 1 aliphatic carbocycles. The normalized spacial score (nSPS) is 26.7. The predicted octanol–water partition coefficient (Wildman–Crippen LogP) is 4.29. The summed E-state index contributed by atoms with van der Waals surface area (Å²) in [5.74, 6) is 0.272. The summed E-state index contributed by atoms with van der Waals surface area (Å²) in [7, 11) is 0. The zero-order valence-electron chi connectivity index (χ0n) is 12.2. The molecule has 2 rings (SSSR count). The Morgan fingerprint density at radius 2 is 1.85 bits per heavy atom. The maximum Gasteiger partial charge on any atom is 0.309 e. The van der Waals surface area contributed by atoms with E-state index in [4.69, 9.17) is 0 Å². The molecular formula is C17H23FO2. The molecule has 0 amide bonds. The summed E-state index contributed by atoms with van der Waals surface area (Å²) in [4.78, 5) is 11.8. The van der Waals surface area contributed by atoms with E-state index in [1.807, 2.05) is 0 Å². The number of rotatable bonds is 4. The summed E-state index contributed by atoms with van der Waals surface area (Å²) >= 11 is 0. The van der Waals surface area contributed by atoms with Gasteiger partial charge in [0.1, 0.15) is 5.82 Å². The number of halogens is 1. The minimum Gasteiger partial charge on any atom is -0.481 e. The van der Waals surface area contributed by atoms with Crippen molar-refractivity contribution in [1.82, 2.24) is 0 Å². The van der Waals surface area contributed by atoms with Gasteiger partial charge in [-0.05, 0) is 61.6 Å². The Kier molecular flexibility index (Phi) is 4.46. The van der Waals surface area contributed by atoms with Gasteiger partial charge in [-0.2, -0.15) is 0 Å². The molecule has 20 heavy (non-hydrogen) atoms. The van der Waals surface area contributed by atoms with Crippen LogP contribution in [0.4, 0.5) is 4.39 Å². The van der Waals surface area contributed by atoms with Crippen LogP contribution in [0.1, 0.15) is 45.1 Å². The summed E-state index contributed by atoms with van der Waals surface area (Å²) < 4.78 is 12.9. The van der Waals surface area contributed by atoms with Gasteiger partial charge in [-0.25, -0.2) is 4.39 Å². The molecule has 0 radical (unpaired) electrons. The average Bonchev–Trinajstić information content (AvgIpc) is 2.42. The first-order chi connectivity index (χ1) is 9.43. The van der Waals surface area contributed by atoms with Crippen molar-refractivity contribution in [3.05, 3.63) is 35.6 Å². The first kappa shape index (κ1) is 15.0. The highest BCUT2D eigenvalue weighted by Gasteiger charge is 2.42. The maximum absolute atomic E-state index is 12.9. The smallest absolute Gasteiger partial charge is 0.309 e. The number of hydrogen-bond donors (Lipinski definition) is 1. The van der Waals surface area contributed by atoms with Crippen molar-refractivity contribution in [3.63, 3.8) is 0 Å². The lowest BCUT2D eigenvalue weighted by atomic mass is 9.65. The van der Waals surface area contributed by atoms with Gasteiger partial charge in [0, 0.05) is 0 Å². The third-order valence-electron chi connectivity index (χ3n) is 4.84. The van der Waals surface area contributed by atoms with Crippen LogP contribution in [0.5, 0.6) is 0 Å². The van der Waals surface area contributed by atoms with Crippen LogP contribution in [0.15, 0.2) is 24.3 Å². The zero-order valence-corrected chi connectivity index (χ0v) is 12.2. The Morgan fingerprint density at radius 3 is 2.30 bits per heavy atom. The second-order valence-corrected chi connectivity index (χ2v) is 6.47. The van der Waals surface area contributed by atoms with Gasteiger partial charge in [0.15, 0.2) is 0 Å². The zero-order chi connectivity index (χ0) is 14.8. The van der Waals surface area contributed by atoms with E-state index in [1.54, 1.807) is 12.1 Å². The lowest BCUT2D eigenvalue weighted by Gasteiger charge is -2.38. The Balaban J connectivity index is 2.12. The fraction of sp³-hybridized carbons (Fsp3) is 0.588. The minimum atomic E-state index is -0.705. The van der Waals surface area contributed by atoms with Crippen molar-refractivity contribution < 1.29 is 14.3 Å². The van der Waals surface area contributed by atoms with Crippen LogP contribution >= 0.6 is 0 Å². The predicted molar refractivity (Wildman–Crippen MR) is 77.0 cm³/mol. The third-order valence-corrected chi connectivity index (χ3v) is 4.84. The van der Waals surface area contributed by atoms with Gasteiger partial charge >= 0.3 is 5.97 Å². The summed E-state index contributed by atoms with van der Waals surface area (Å²) in [6.45, 7) is 4.41. The number of benzene rings is 1. The SMILES string of the molecule is CC(C)C1CCC(Cc2ccc(F)cc2)(C(=O)O)CC1. The maximum atomic E-state index is 12.9. The van der Waals surface area contributed by atoms with Gasteiger partial charge in [-0.1, -0.05) is 26.0 Å². The van der Waals surface area contributed by atoms with E-state index in [9.17, 15) is 14.3 Å². The molecule has 0 heterocycles. The number of aliphatic carboxylic acids is 1. The minimum absolute atomic E-state index is 0.276. The number of carbonyl (C=O) groups is 1. The van der Waals surface area contributed by atoms with Crippen molar-refractivity contribution in [3.8, 4) is 0 Å². The van der Waals surface area contributed by atoms with Crippen LogP contribution in [0.2, 0.25) is 0 Å². The second-order valence-electron chi connectivity index (χ2n) is 6.47. The standard InChI is InChI=1S/C17H23FO2/c1-12(2)14-7-9-17(10-8-14,16(19)20)11-13-3-5-15(18)6-4-13/h3-6,12,14H,7-11H2,1-2H3,(H,19,20). The van der Waals surface area contributed by atoms with E-state index in [-0.39, 0.29) is 5.82 Å². The highest BCUT2D eigenvalue weighted by molar-refractivity contribution is 5.75. The van der Waals surface area contributed by atoms with Crippen LogP contribution < -0.4 is 0 Å². The van der Waals surface area contributed by atoms with Crippen molar-refractivity contribution in [2.24, 2.45) is 17.3 Å². The molecule has 0 saturated heterocycles. The van der Waals surface area contributed by atoms with Crippen molar-refractivity contribution in [1.29, 1.82) is 0 Å². The van der Waals surface area contributed by atoms with Crippen molar-refractivity contribution in [2.75, 3.05) is 0 Å². The summed E-state index contributed by atoms with van der Waals surface area (Å²) in [6, 6.07) is 6.22. The Morgan fingerprint density at radius 1 is 1.30 bits per heavy atom. The molecule has 1 aromatic rings. The molecule has 0 bridgehead atoms. The fourth-order valence-electron chi connectivity index (χ4n) is 3.32. The molecule has 0 atom stereocenters. The molecule has 0 unspecified atom stereocenters. The van der Waals surface area contributed by atoms with Crippen LogP contribution in [-0.4, -0.2) is 11.1 Å². The molecule has 110 valence electrons. The van der Waals surface area contributed by atoms with Gasteiger partial charge < -0.3 is 5.11 Å². The lowest BCUT2D eigenvalue weighted by molar-refractivity contribution is -0.151. The van der Waals surface area contributed by atoms with E-state index in [2.05, 4.69) is 13.8 Å². The molecular weight excluding hydrogens is 255 g/mol. The molecule has 2 nitrogen and oxygen atoms in total. The quantitative estimate of drug-likeness (QED) is 0.892. The largest absolute Gasteiger partial charge is 0.481 e. The Bertz CT molecular complexity index is 456. The summed E-state index contributed by atoms with van der Waals surface area (Å²) in [6.07, 6.45) is 3.91. The molecule has 1 saturated carbocycles. The van der Waals surface area contributed by atoms with Crippen molar-refractivity contribution in [2.45, 2.75) is 46.0 Å². The second kappa shape index (κ2) is 5.94. The molecule has 0 aliphatic heterocycles. The van der Waals surface area contributed by atoms with Gasteiger partial charge in [0.2, 0.25) is 0 Å². The molecule has 1 aromatic carbocycles. The number of carboxylic acid groups (broad SMARTS) is 1. The molecule has 1 N–H and O–H groups in total. The third kappa shape index (κ3) is 3.20. The number of carboxylic acids is 1. The van der Waals surface area contributed by atoms with Crippen LogP contribution in [0, 0.1) is 23.1 Å². The average molecular weight is 278 g/mol. The van der Waals surface area contributed by atoms with E-state index in [0.29, 0.717) is 18.3 Å². The van der Waals surface area contributed by atoms with E-state index >= 15 is 0 Å². The van der Waals surface area contributed by atoms with Crippen LogP contribution in [0.25, 0.3) is 0 Å². The Labute approximate surface area is 120 Å². The monoisotopic (exact) mass is 278 g/mol. The van der Waals surface area contributed by atoms with E-state index in [1.165, 1.54) is 12.1 Å². The van der Waals surface area contributed by atoms with Crippen LogP contribution in [0.3, 0.4) is 0 Å². The van der Waals surface area contributed by atoms with Gasteiger partial charge in [0.25, 0.3) is 0 Å². The van der Waals surface area contributed by atoms with E-state index in [0.717, 1.165) is 31.2 Å². The van der Waals surface area contributed by atoms with Crippen molar-refractivity contribution >= 4 is 5.97 Å². The molecule has 0 spiro atoms. The molecule has 3 heteroatoms. The Hall–Kier alpha value is -1.38. The summed E-state index contributed by atoms with van der Waals surface area (Å²) in [5.41, 5.74) is 0.250. The van der Waals surface area contributed by atoms with Gasteiger partial charge in [0.05, 0.1) is 5.41 Å². The van der Waals surface area contributed by atoms with Gasteiger partial charge in [-0.15, -0.1) is 0 Å². The van der Waals surface area contributed by atoms with E-state index < -0.39 is 11.4 Å². The topological polar surface area (TPSA) is 37.3 Å². The fourth-order valence-corrected chi connectivity index (χ4v) is 3.32. The highest BCUT2D eigenvalue weighted by atomic mass is 19.1. The first-order valence-corrected chi connectivity index (χ1v) is 7.41. The highest BCUT2D eigenvalue weighted by Crippen LogP contribution is 2.43. The summed E-state index contributed by atoms with van der Waals surface area (Å²) in [5, 5.41) is 9.66. The molecule has 1 fully saturated rings. The molecule has 0 aromatic heterocycles.